The van der Waals surface area contributed by atoms with E-state index in [9.17, 15) is 0 Å². The highest BCUT2D eigenvalue weighted by Crippen LogP contribution is 2.28. The molecule has 0 bridgehead atoms. The molecule has 0 aliphatic rings. The zero-order valence-corrected chi connectivity index (χ0v) is 10.7. The smallest absolute Gasteiger partial charge is 0.122 e. The summed E-state index contributed by atoms with van der Waals surface area (Å²) in [6.07, 6.45) is 1.01. The number of likely N-dealkylation sites (N-methyl/N-ethyl adjacent to an activating group) is 1. The Hall–Kier alpha value is -1.54. The maximum absolute atomic E-state index is 5.47. The number of fused-ring (bicyclic) bond motifs is 1. The maximum atomic E-state index is 5.47. The topological polar surface area (TPSA) is 12.5 Å². The largest absolute Gasteiger partial charge is 0.496 e. The zero-order valence-electron chi connectivity index (χ0n) is 10.7. The second-order valence-corrected chi connectivity index (χ2v) is 4.52. The highest BCUT2D eigenvalue weighted by molar-refractivity contribution is 5.87. The predicted molar refractivity (Wildman–Crippen MR) is 72.8 cm³/mol. The lowest BCUT2D eigenvalue weighted by Crippen LogP contribution is -2.15. The maximum Gasteiger partial charge on any atom is 0.122 e. The molecule has 0 atom stereocenters. The van der Waals surface area contributed by atoms with E-state index in [-0.39, 0.29) is 0 Å². The van der Waals surface area contributed by atoms with Crippen molar-refractivity contribution in [3.63, 3.8) is 0 Å². The first-order chi connectivity index (χ1) is 8.22. The highest BCUT2D eigenvalue weighted by Gasteiger charge is 2.08. The number of hydrogen-bond acceptors (Lipinski definition) is 2. The van der Waals surface area contributed by atoms with Crippen molar-refractivity contribution in [2.45, 2.75) is 6.42 Å². The molecule has 90 valence electrons. The average molecular weight is 229 g/mol. The number of methoxy groups -OCH3 is 1. The van der Waals surface area contributed by atoms with Crippen molar-refractivity contribution in [2.75, 3.05) is 27.7 Å². The second kappa shape index (κ2) is 5.19. The number of benzene rings is 2. The molecule has 0 heterocycles. The summed E-state index contributed by atoms with van der Waals surface area (Å²) >= 11 is 0. The Bertz CT molecular complexity index is 505. The molecule has 0 aromatic heterocycles. The van der Waals surface area contributed by atoms with E-state index >= 15 is 0 Å². The molecule has 2 aromatic rings. The fourth-order valence-corrected chi connectivity index (χ4v) is 2.10. The van der Waals surface area contributed by atoms with Crippen molar-refractivity contribution < 1.29 is 4.74 Å². The van der Waals surface area contributed by atoms with Crippen LogP contribution in [0.4, 0.5) is 0 Å². The molecule has 2 rings (SSSR count). The van der Waals surface area contributed by atoms with Gasteiger partial charge in [-0.15, -0.1) is 0 Å². The first-order valence-corrected chi connectivity index (χ1v) is 5.91. The molecule has 0 saturated carbocycles. The van der Waals surface area contributed by atoms with Gasteiger partial charge in [-0.1, -0.05) is 30.3 Å². The first kappa shape index (κ1) is 11.9. The van der Waals surface area contributed by atoms with Crippen LogP contribution in [0.3, 0.4) is 0 Å². The number of ether oxygens (including phenoxy) is 1. The van der Waals surface area contributed by atoms with Gasteiger partial charge in [0, 0.05) is 12.1 Å². The number of nitrogens with zero attached hydrogens (tertiary/aromatic N) is 1. The van der Waals surface area contributed by atoms with E-state index in [4.69, 9.17) is 4.74 Å². The molecule has 17 heavy (non-hydrogen) atoms. The summed E-state index contributed by atoms with van der Waals surface area (Å²) < 4.78 is 5.47. The summed E-state index contributed by atoms with van der Waals surface area (Å²) in [6, 6.07) is 12.7. The minimum atomic E-state index is 0.991. The minimum absolute atomic E-state index is 0.991. The van der Waals surface area contributed by atoms with Gasteiger partial charge in [0.05, 0.1) is 7.11 Å². The second-order valence-electron chi connectivity index (χ2n) is 4.52. The molecule has 2 aromatic carbocycles. The molecule has 2 heteroatoms. The van der Waals surface area contributed by atoms with Gasteiger partial charge in [0.2, 0.25) is 0 Å². The summed E-state index contributed by atoms with van der Waals surface area (Å²) in [6.45, 7) is 1.03. The number of hydrogen-bond donors (Lipinski definition) is 0. The molecule has 0 unspecified atom stereocenters. The Balaban J connectivity index is 2.47. The molecule has 0 N–H and O–H groups in total. The van der Waals surface area contributed by atoms with Crippen LogP contribution in [0.1, 0.15) is 5.56 Å². The van der Waals surface area contributed by atoms with Crippen LogP contribution in [0.25, 0.3) is 10.8 Å². The predicted octanol–water partition coefficient (Wildman–Crippen LogP) is 2.95. The molecule has 0 fully saturated rings. The van der Waals surface area contributed by atoms with E-state index in [1.807, 2.05) is 0 Å². The lowest BCUT2D eigenvalue weighted by molar-refractivity contribution is 0.393. The molecular formula is C15H19NO. The molecule has 0 aliphatic heterocycles. The molecule has 0 amide bonds. The Labute approximate surface area is 103 Å². The Kier molecular flexibility index (Phi) is 3.64. The third-order valence-corrected chi connectivity index (χ3v) is 3.03. The summed E-state index contributed by atoms with van der Waals surface area (Å²) in [5, 5.41) is 2.58. The average Bonchev–Trinajstić information content (AvgIpc) is 2.35. The van der Waals surface area contributed by atoms with Gasteiger partial charge in [0.25, 0.3) is 0 Å². The van der Waals surface area contributed by atoms with E-state index in [2.05, 4.69) is 55.4 Å². The fraction of sp³-hybridized carbons (Fsp3) is 0.333. The van der Waals surface area contributed by atoms with Gasteiger partial charge in [0.1, 0.15) is 5.75 Å². The van der Waals surface area contributed by atoms with Gasteiger partial charge in [-0.3, -0.25) is 0 Å². The van der Waals surface area contributed by atoms with E-state index < -0.39 is 0 Å². The van der Waals surface area contributed by atoms with Crippen LogP contribution in [0.15, 0.2) is 36.4 Å². The van der Waals surface area contributed by atoms with Crippen LogP contribution in [0.5, 0.6) is 5.75 Å². The normalized spacial score (nSPS) is 11.1. The molecule has 2 nitrogen and oxygen atoms in total. The standard InChI is InChI=1S/C15H19NO/c1-16(2)11-10-14-13-7-5-4-6-12(13)8-9-15(14)17-3/h4-9H,10-11H2,1-3H3. The molecule has 0 aliphatic carbocycles. The Morgan fingerprint density at radius 2 is 1.82 bits per heavy atom. The molecule has 0 radical (unpaired) electrons. The van der Waals surface area contributed by atoms with E-state index in [1.54, 1.807) is 7.11 Å². The quantitative estimate of drug-likeness (QED) is 0.799. The van der Waals surface area contributed by atoms with Gasteiger partial charge in [-0.2, -0.15) is 0 Å². The molecular weight excluding hydrogens is 210 g/mol. The number of rotatable bonds is 4. The van der Waals surface area contributed by atoms with Crippen LogP contribution in [0, 0.1) is 0 Å². The van der Waals surface area contributed by atoms with Crippen molar-refractivity contribution in [3.8, 4) is 5.75 Å². The highest BCUT2D eigenvalue weighted by atomic mass is 16.5. The van der Waals surface area contributed by atoms with Gasteiger partial charge < -0.3 is 9.64 Å². The monoisotopic (exact) mass is 229 g/mol. The third-order valence-electron chi connectivity index (χ3n) is 3.03. The van der Waals surface area contributed by atoms with Gasteiger partial charge in [-0.05, 0) is 37.4 Å². The third kappa shape index (κ3) is 2.59. The van der Waals surface area contributed by atoms with Gasteiger partial charge in [-0.25, -0.2) is 0 Å². The summed E-state index contributed by atoms with van der Waals surface area (Å²) in [4.78, 5) is 2.20. The molecule has 0 saturated heterocycles. The Morgan fingerprint density at radius 3 is 2.53 bits per heavy atom. The minimum Gasteiger partial charge on any atom is -0.496 e. The summed E-state index contributed by atoms with van der Waals surface area (Å²) in [5.74, 6) is 0.991. The summed E-state index contributed by atoms with van der Waals surface area (Å²) in [7, 11) is 5.93. The lowest BCUT2D eigenvalue weighted by Gasteiger charge is -2.14. The van der Waals surface area contributed by atoms with E-state index in [0.29, 0.717) is 0 Å². The van der Waals surface area contributed by atoms with Crippen LogP contribution < -0.4 is 4.74 Å². The van der Waals surface area contributed by atoms with E-state index in [0.717, 1.165) is 18.7 Å². The van der Waals surface area contributed by atoms with Crippen molar-refractivity contribution in [3.05, 3.63) is 42.0 Å². The van der Waals surface area contributed by atoms with Crippen molar-refractivity contribution in [1.82, 2.24) is 4.90 Å². The zero-order chi connectivity index (χ0) is 12.3. The van der Waals surface area contributed by atoms with Crippen molar-refractivity contribution >= 4 is 10.8 Å². The summed E-state index contributed by atoms with van der Waals surface area (Å²) in [5.41, 5.74) is 1.30. The van der Waals surface area contributed by atoms with Gasteiger partial charge in [0.15, 0.2) is 0 Å². The SMILES string of the molecule is COc1ccc2ccccc2c1CCN(C)C. The van der Waals surface area contributed by atoms with Crippen LogP contribution >= 0.6 is 0 Å². The first-order valence-electron chi connectivity index (χ1n) is 5.91. The molecule has 0 spiro atoms. The van der Waals surface area contributed by atoms with Crippen molar-refractivity contribution in [1.29, 1.82) is 0 Å². The van der Waals surface area contributed by atoms with Crippen molar-refractivity contribution in [2.24, 2.45) is 0 Å². The lowest BCUT2D eigenvalue weighted by atomic mass is 10.0. The van der Waals surface area contributed by atoms with Gasteiger partial charge >= 0.3 is 0 Å². The van der Waals surface area contributed by atoms with Crippen LogP contribution in [0.2, 0.25) is 0 Å². The van der Waals surface area contributed by atoms with E-state index in [1.165, 1.54) is 16.3 Å². The van der Waals surface area contributed by atoms with Crippen LogP contribution in [-0.2, 0) is 6.42 Å². The Morgan fingerprint density at radius 1 is 1.06 bits per heavy atom. The van der Waals surface area contributed by atoms with Crippen LogP contribution in [-0.4, -0.2) is 32.6 Å². The fourth-order valence-electron chi connectivity index (χ4n) is 2.10.